The van der Waals surface area contributed by atoms with Crippen LogP contribution in [0.4, 0.5) is 5.00 Å². The minimum Gasteiger partial charge on any atom is -0.383 e. The summed E-state index contributed by atoms with van der Waals surface area (Å²) in [6.45, 7) is 1.01. The maximum Gasteiger partial charge on any atom is 0.251 e. The molecule has 2 aromatic heterocycles. The number of anilines is 1. The van der Waals surface area contributed by atoms with Crippen molar-refractivity contribution in [2.75, 3.05) is 24.8 Å². The second-order valence-electron chi connectivity index (χ2n) is 7.57. The summed E-state index contributed by atoms with van der Waals surface area (Å²) in [5.74, 6) is 0.0697. The molecule has 0 atom stereocenters. The number of nitrogens with zero attached hydrogens (tertiary/aromatic N) is 3. The second-order valence-corrected chi connectivity index (χ2v) is 10.1. The molecule has 1 aromatic carbocycles. The molecule has 3 aromatic rings. The SMILES string of the molecule is COCCn1c(SCC(=O)Nc2sc3c(c2C(N)=O)CCCC3)nnc1-c1ccc(Cl)cc1. The zero-order valence-corrected chi connectivity index (χ0v) is 20.5. The predicted octanol–water partition coefficient (Wildman–Crippen LogP) is 4.01. The molecule has 0 unspecified atom stereocenters. The maximum absolute atomic E-state index is 12.7. The van der Waals surface area contributed by atoms with Gasteiger partial charge in [0.15, 0.2) is 11.0 Å². The predicted molar refractivity (Wildman–Crippen MR) is 131 cm³/mol. The van der Waals surface area contributed by atoms with Crippen LogP contribution in [0.3, 0.4) is 0 Å². The summed E-state index contributed by atoms with van der Waals surface area (Å²) < 4.78 is 7.15. The van der Waals surface area contributed by atoms with Gasteiger partial charge in [-0.25, -0.2) is 0 Å². The Balaban J connectivity index is 1.49. The Labute approximate surface area is 204 Å². The van der Waals surface area contributed by atoms with Gasteiger partial charge in [-0.1, -0.05) is 23.4 Å². The fraction of sp³-hybridized carbons (Fsp3) is 0.364. The number of thioether (sulfide) groups is 1. The average Bonchev–Trinajstić information content (AvgIpc) is 3.37. The van der Waals surface area contributed by atoms with E-state index in [1.807, 2.05) is 16.7 Å². The number of benzene rings is 1. The van der Waals surface area contributed by atoms with Crippen LogP contribution in [-0.2, 0) is 28.9 Å². The van der Waals surface area contributed by atoms with E-state index in [2.05, 4.69) is 15.5 Å². The first kappa shape index (κ1) is 23.7. The highest BCUT2D eigenvalue weighted by Crippen LogP contribution is 2.38. The normalized spacial score (nSPS) is 13.0. The topological polar surface area (TPSA) is 112 Å². The van der Waals surface area contributed by atoms with Crippen molar-refractivity contribution in [1.29, 1.82) is 0 Å². The van der Waals surface area contributed by atoms with E-state index in [0.29, 0.717) is 39.7 Å². The van der Waals surface area contributed by atoms with E-state index in [0.717, 1.165) is 41.7 Å². The number of rotatable bonds is 9. The van der Waals surface area contributed by atoms with Gasteiger partial charge in [0.2, 0.25) is 5.91 Å². The van der Waals surface area contributed by atoms with E-state index in [4.69, 9.17) is 22.1 Å². The van der Waals surface area contributed by atoms with Crippen LogP contribution >= 0.6 is 34.7 Å². The second kappa shape index (κ2) is 10.7. The molecule has 1 aliphatic rings. The van der Waals surface area contributed by atoms with Crippen LogP contribution in [0, 0.1) is 0 Å². The Hall–Kier alpha value is -2.40. The molecule has 3 N–H and O–H groups in total. The number of carbonyl (C=O) groups is 2. The minimum absolute atomic E-state index is 0.118. The van der Waals surface area contributed by atoms with E-state index < -0.39 is 5.91 Å². The Morgan fingerprint density at radius 3 is 2.73 bits per heavy atom. The summed E-state index contributed by atoms with van der Waals surface area (Å²) in [6.07, 6.45) is 3.86. The number of amides is 2. The molecule has 2 amide bonds. The zero-order chi connectivity index (χ0) is 23.4. The van der Waals surface area contributed by atoms with Gasteiger partial charge in [-0.15, -0.1) is 21.5 Å². The van der Waals surface area contributed by atoms with Crippen LogP contribution in [-0.4, -0.2) is 46.0 Å². The first-order chi connectivity index (χ1) is 16.0. The van der Waals surface area contributed by atoms with Crippen molar-refractivity contribution in [3.8, 4) is 11.4 Å². The molecule has 174 valence electrons. The summed E-state index contributed by atoms with van der Waals surface area (Å²) in [6, 6.07) is 7.34. The molecule has 4 rings (SSSR count). The molecular weight excluding hydrogens is 482 g/mol. The lowest BCUT2D eigenvalue weighted by atomic mass is 9.95. The summed E-state index contributed by atoms with van der Waals surface area (Å²) in [7, 11) is 1.63. The van der Waals surface area contributed by atoms with Crippen LogP contribution in [0.25, 0.3) is 11.4 Å². The third-order valence-electron chi connectivity index (χ3n) is 5.34. The smallest absolute Gasteiger partial charge is 0.251 e. The van der Waals surface area contributed by atoms with E-state index in [-0.39, 0.29) is 11.7 Å². The summed E-state index contributed by atoms with van der Waals surface area (Å²) in [5.41, 5.74) is 7.95. The fourth-order valence-corrected chi connectivity index (χ4v) is 6.00. The standard InChI is InChI=1S/C22H24ClN5O3S2/c1-31-11-10-28-20(13-6-8-14(23)9-7-13)26-27-22(28)32-12-17(29)25-21-18(19(24)30)15-4-2-3-5-16(15)33-21/h6-9H,2-5,10-12H2,1H3,(H2,24,30)(H,25,29). The molecule has 0 saturated heterocycles. The number of aryl methyl sites for hydroxylation is 1. The lowest BCUT2D eigenvalue weighted by Gasteiger charge is -2.11. The average molecular weight is 506 g/mol. The van der Waals surface area contributed by atoms with E-state index >= 15 is 0 Å². The van der Waals surface area contributed by atoms with Crippen molar-refractivity contribution in [2.24, 2.45) is 5.73 Å². The van der Waals surface area contributed by atoms with Crippen molar-refractivity contribution in [3.05, 3.63) is 45.3 Å². The van der Waals surface area contributed by atoms with Crippen molar-refractivity contribution >= 4 is 51.5 Å². The zero-order valence-electron chi connectivity index (χ0n) is 18.1. The molecule has 2 heterocycles. The lowest BCUT2D eigenvalue weighted by molar-refractivity contribution is -0.113. The van der Waals surface area contributed by atoms with Crippen molar-refractivity contribution in [3.63, 3.8) is 0 Å². The van der Waals surface area contributed by atoms with Gasteiger partial charge in [0.25, 0.3) is 5.91 Å². The Kier molecular flexibility index (Phi) is 7.69. The maximum atomic E-state index is 12.7. The molecular formula is C22H24ClN5O3S2. The number of hydrogen-bond acceptors (Lipinski definition) is 7. The third kappa shape index (κ3) is 5.40. The summed E-state index contributed by atoms with van der Waals surface area (Å²) in [4.78, 5) is 25.9. The third-order valence-corrected chi connectivity index (χ3v) is 7.77. The van der Waals surface area contributed by atoms with Crippen molar-refractivity contribution in [1.82, 2.24) is 14.8 Å². The molecule has 0 spiro atoms. The quantitative estimate of drug-likeness (QED) is 0.425. The fourth-order valence-electron chi connectivity index (χ4n) is 3.80. The number of thiophene rings is 1. The first-order valence-corrected chi connectivity index (χ1v) is 12.7. The highest BCUT2D eigenvalue weighted by atomic mass is 35.5. The van der Waals surface area contributed by atoms with Crippen LogP contribution in [0.1, 0.15) is 33.6 Å². The minimum atomic E-state index is -0.496. The highest BCUT2D eigenvalue weighted by molar-refractivity contribution is 7.99. The molecule has 8 nitrogen and oxygen atoms in total. The number of methoxy groups -OCH3 is 1. The Morgan fingerprint density at radius 1 is 1.24 bits per heavy atom. The molecule has 11 heteroatoms. The van der Waals surface area contributed by atoms with Crippen LogP contribution in [0.15, 0.2) is 29.4 Å². The van der Waals surface area contributed by atoms with E-state index in [1.165, 1.54) is 23.1 Å². The van der Waals surface area contributed by atoms with Gasteiger partial charge in [-0.05, 0) is 55.5 Å². The van der Waals surface area contributed by atoms with Gasteiger partial charge in [0.05, 0.1) is 24.5 Å². The molecule has 0 aliphatic heterocycles. The Morgan fingerprint density at radius 2 is 2.00 bits per heavy atom. The summed E-state index contributed by atoms with van der Waals surface area (Å²) >= 11 is 8.73. The van der Waals surface area contributed by atoms with Gasteiger partial charge in [-0.3, -0.25) is 14.2 Å². The molecule has 0 bridgehead atoms. The van der Waals surface area contributed by atoms with Crippen LogP contribution < -0.4 is 11.1 Å². The lowest BCUT2D eigenvalue weighted by Crippen LogP contribution is -2.19. The number of nitrogens with two attached hydrogens (primary N) is 1. The van der Waals surface area contributed by atoms with Crippen molar-refractivity contribution in [2.45, 2.75) is 37.4 Å². The molecule has 0 radical (unpaired) electrons. The largest absolute Gasteiger partial charge is 0.383 e. The number of aromatic nitrogens is 3. The molecule has 0 fully saturated rings. The van der Waals surface area contributed by atoms with Gasteiger partial charge in [0, 0.05) is 22.6 Å². The molecule has 1 aliphatic carbocycles. The van der Waals surface area contributed by atoms with Gasteiger partial charge in [0.1, 0.15) is 5.00 Å². The first-order valence-electron chi connectivity index (χ1n) is 10.5. The van der Waals surface area contributed by atoms with Gasteiger partial charge >= 0.3 is 0 Å². The van der Waals surface area contributed by atoms with Crippen molar-refractivity contribution < 1.29 is 14.3 Å². The van der Waals surface area contributed by atoms with Gasteiger partial charge in [-0.2, -0.15) is 0 Å². The highest BCUT2D eigenvalue weighted by Gasteiger charge is 2.25. The number of hydrogen-bond donors (Lipinski definition) is 2. The monoisotopic (exact) mass is 505 g/mol. The molecule has 33 heavy (non-hydrogen) atoms. The number of nitrogens with one attached hydrogen (secondary N) is 1. The number of carbonyl (C=O) groups excluding carboxylic acids is 2. The van der Waals surface area contributed by atoms with Crippen LogP contribution in [0.5, 0.6) is 0 Å². The number of fused-ring (bicyclic) bond motifs is 1. The van der Waals surface area contributed by atoms with E-state index in [1.54, 1.807) is 19.2 Å². The Bertz CT molecular complexity index is 1160. The van der Waals surface area contributed by atoms with Gasteiger partial charge < -0.3 is 15.8 Å². The number of ether oxygens (including phenoxy) is 1. The summed E-state index contributed by atoms with van der Waals surface area (Å²) in [5, 5.41) is 13.3. The number of halogens is 1. The number of primary amides is 1. The molecule has 0 saturated carbocycles. The van der Waals surface area contributed by atoms with E-state index in [9.17, 15) is 9.59 Å². The van der Waals surface area contributed by atoms with Crippen LogP contribution in [0.2, 0.25) is 5.02 Å².